The van der Waals surface area contributed by atoms with Crippen LogP contribution in [-0.2, 0) is 14.3 Å². The summed E-state index contributed by atoms with van der Waals surface area (Å²) in [6.45, 7) is 1.31. The first-order valence-corrected chi connectivity index (χ1v) is 7.92. The molecule has 0 bridgehead atoms. The van der Waals surface area contributed by atoms with Gasteiger partial charge in [-0.3, -0.25) is 4.79 Å². The molecule has 1 aromatic carbocycles. The molecule has 1 amide bonds. The molecule has 0 atom stereocenters. The first kappa shape index (κ1) is 15.6. The zero-order valence-electron chi connectivity index (χ0n) is 12.6. The second-order valence-corrected chi connectivity index (χ2v) is 6.13. The SMILES string of the molecule is COc1ccc(NC(=O)C2CCC3(CC2)OCCO3)cc1Cl. The van der Waals surface area contributed by atoms with Crippen LogP contribution in [-0.4, -0.2) is 32.0 Å². The molecule has 1 heterocycles. The van der Waals surface area contributed by atoms with E-state index in [0.29, 0.717) is 29.7 Å². The lowest BCUT2D eigenvalue weighted by Gasteiger charge is -2.34. The van der Waals surface area contributed by atoms with Crippen LogP contribution < -0.4 is 10.1 Å². The van der Waals surface area contributed by atoms with E-state index in [1.807, 2.05) is 0 Å². The van der Waals surface area contributed by atoms with Gasteiger partial charge in [-0.05, 0) is 31.0 Å². The fraction of sp³-hybridized carbons (Fsp3) is 0.562. The molecule has 3 rings (SSSR count). The Morgan fingerprint density at radius 2 is 2.00 bits per heavy atom. The van der Waals surface area contributed by atoms with E-state index in [-0.39, 0.29) is 11.8 Å². The van der Waals surface area contributed by atoms with Crippen molar-refractivity contribution >= 4 is 23.2 Å². The van der Waals surface area contributed by atoms with Crippen molar-refractivity contribution in [2.24, 2.45) is 5.92 Å². The van der Waals surface area contributed by atoms with E-state index < -0.39 is 5.79 Å². The zero-order valence-corrected chi connectivity index (χ0v) is 13.3. The van der Waals surface area contributed by atoms with E-state index in [2.05, 4.69) is 5.32 Å². The van der Waals surface area contributed by atoms with Crippen molar-refractivity contribution in [1.82, 2.24) is 0 Å². The lowest BCUT2D eigenvalue weighted by atomic mass is 9.84. The van der Waals surface area contributed by atoms with Gasteiger partial charge >= 0.3 is 0 Å². The number of amides is 1. The smallest absolute Gasteiger partial charge is 0.227 e. The van der Waals surface area contributed by atoms with Gasteiger partial charge in [0.05, 0.1) is 25.3 Å². The maximum Gasteiger partial charge on any atom is 0.227 e. The van der Waals surface area contributed by atoms with Crippen molar-refractivity contribution in [3.63, 3.8) is 0 Å². The number of ether oxygens (including phenoxy) is 3. The Labute approximate surface area is 134 Å². The van der Waals surface area contributed by atoms with E-state index >= 15 is 0 Å². The number of anilines is 1. The van der Waals surface area contributed by atoms with Gasteiger partial charge in [-0.15, -0.1) is 0 Å². The van der Waals surface area contributed by atoms with Gasteiger partial charge in [0, 0.05) is 24.4 Å². The molecule has 0 aromatic heterocycles. The van der Waals surface area contributed by atoms with Crippen molar-refractivity contribution in [3.05, 3.63) is 23.2 Å². The second kappa shape index (κ2) is 6.44. The largest absolute Gasteiger partial charge is 0.495 e. The van der Waals surface area contributed by atoms with Crippen molar-refractivity contribution in [3.8, 4) is 5.75 Å². The van der Waals surface area contributed by atoms with Crippen LogP contribution in [0.2, 0.25) is 5.02 Å². The second-order valence-electron chi connectivity index (χ2n) is 5.72. The van der Waals surface area contributed by atoms with Gasteiger partial charge < -0.3 is 19.5 Å². The molecular formula is C16H20ClNO4. The summed E-state index contributed by atoms with van der Waals surface area (Å²) < 4.78 is 16.5. The number of carbonyl (C=O) groups excluding carboxylic acids is 1. The Hall–Kier alpha value is -1.30. The summed E-state index contributed by atoms with van der Waals surface area (Å²) in [6, 6.07) is 5.23. The van der Waals surface area contributed by atoms with Crippen LogP contribution in [0.25, 0.3) is 0 Å². The summed E-state index contributed by atoms with van der Waals surface area (Å²) in [5, 5.41) is 3.40. The average molecular weight is 326 g/mol. The van der Waals surface area contributed by atoms with E-state index in [9.17, 15) is 4.79 Å². The summed E-state index contributed by atoms with van der Waals surface area (Å²) in [5.41, 5.74) is 0.685. The number of hydrogen-bond donors (Lipinski definition) is 1. The Kier molecular flexibility index (Phi) is 4.57. The normalized spacial score (nSPS) is 21.0. The Balaban J connectivity index is 1.57. The minimum absolute atomic E-state index is 0.0145. The Bertz CT molecular complexity index is 547. The third-order valence-electron chi connectivity index (χ3n) is 4.35. The number of halogens is 1. The van der Waals surface area contributed by atoms with Crippen LogP contribution in [0, 0.1) is 5.92 Å². The van der Waals surface area contributed by atoms with Crippen molar-refractivity contribution < 1.29 is 19.0 Å². The van der Waals surface area contributed by atoms with Gasteiger partial charge in [-0.1, -0.05) is 11.6 Å². The maximum absolute atomic E-state index is 12.4. The van der Waals surface area contributed by atoms with E-state index in [1.54, 1.807) is 25.3 Å². The Morgan fingerprint density at radius 3 is 2.59 bits per heavy atom. The molecule has 5 nitrogen and oxygen atoms in total. The van der Waals surface area contributed by atoms with Gasteiger partial charge in [0.1, 0.15) is 5.75 Å². The number of hydrogen-bond acceptors (Lipinski definition) is 4. The molecule has 1 saturated carbocycles. The van der Waals surface area contributed by atoms with E-state index in [1.165, 1.54) is 0 Å². The van der Waals surface area contributed by atoms with Crippen molar-refractivity contribution in [1.29, 1.82) is 0 Å². The molecule has 1 aromatic rings. The van der Waals surface area contributed by atoms with Crippen molar-refractivity contribution in [2.75, 3.05) is 25.6 Å². The zero-order chi connectivity index (χ0) is 15.6. The quantitative estimate of drug-likeness (QED) is 0.927. The minimum atomic E-state index is -0.430. The fourth-order valence-corrected chi connectivity index (χ4v) is 3.35. The highest BCUT2D eigenvalue weighted by Crippen LogP contribution is 2.38. The average Bonchev–Trinajstić information content (AvgIpc) is 2.96. The van der Waals surface area contributed by atoms with Crippen LogP contribution in [0.15, 0.2) is 18.2 Å². The molecule has 1 saturated heterocycles. The number of rotatable bonds is 3. The molecule has 2 aliphatic rings. The van der Waals surface area contributed by atoms with E-state index in [4.69, 9.17) is 25.8 Å². The molecule has 6 heteroatoms. The first-order valence-electron chi connectivity index (χ1n) is 7.54. The monoisotopic (exact) mass is 325 g/mol. The molecule has 2 fully saturated rings. The predicted molar refractivity (Wildman–Crippen MR) is 83.2 cm³/mol. The highest BCUT2D eigenvalue weighted by molar-refractivity contribution is 6.32. The van der Waals surface area contributed by atoms with Crippen LogP contribution in [0.4, 0.5) is 5.69 Å². The highest BCUT2D eigenvalue weighted by atomic mass is 35.5. The van der Waals surface area contributed by atoms with Gasteiger partial charge in [0.2, 0.25) is 5.91 Å². The van der Waals surface area contributed by atoms with Gasteiger partial charge in [0.25, 0.3) is 0 Å². The summed E-state index contributed by atoms with van der Waals surface area (Å²) in [4.78, 5) is 12.4. The highest BCUT2D eigenvalue weighted by Gasteiger charge is 2.41. The summed E-state index contributed by atoms with van der Waals surface area (Å²) in [5.74, 6) is 0.170. The minimum Gasteiger partial charge on any atom is -0.495 e. The predicted octanol–water partition coefficient (Wildman–Crippen LogP) is 3.22. The van der Waals surface area contributed by atoms with E-state index in [0.717, 1.165) is 25.7 Å². The fourth-order valence-electron chi connectivity index (χ4n) is 3.09. The van der Waals surface area contributed by atoms with Crippen LogP contribution >= 0.6 is 11.6 Å². The summed E-state index contributed by atoms with van der Waals surface area (Å²) in [6.07, 6.45) is 3.09. The summed E-state index contributed by atoms with van der Waals surface area (Å²) >= 11 is 6.07. The van der Waals surface area contributed by atoms with Gasteiger partial charge in [-0.25, -0.2) is 0 Å². The Morgan fingerprint density at radius 1 is 1.32 bits per heavy atom. The molecule has 120 valence electrons. The van der Waals surface area contributed by atoms with Crippen LogP contribution in [0.1, 0.15) is 25.7 Å². The molecule has 0 unspecified atom stereocenters. The topological polar surface area (TPSA) is 56.8 Å². The standard InChI is InChI=1S/C16H20ClNO4/c1-20-14-3-2-12(10-13(14)17)18-15(19)11-4-6-16(7-5-11)21-8-9-22-16/h2-3,10-11H,4-9H2,1H3,(H,18,19). The van der Waals surface area contributed by atoms with Gasteiger partial charge in [-0.2, -0.15) is 0 Å². The van der Waals surface area contributed by atoms with Gasteiger partial charge in [0.15, 0.2) is 5.79 Å². The summed E-state index contributed by atoms with van der Waals surface area (Å²) in [7, 11) is 1.56. The van der Waals surface area contributed by atoms with Crippen LogP contribution in [0.5, 0.6) is 5.75 Å². The lowest BCUT2D eigenvalue weighted by molar-refractivity contribution is -0.182. The third-order valence-corrected chi connectivity index (χ3v) is 4.65. The molecule has 1 spiro atoms. The molecule has 1 aliphatic carbocycles. The number of methoxy groups -OCH3 is 1. The van der Waals surface area contributed by atoms with Crippen molar-refractivity contribution in [2.45, 2.75) is 31.5 Å². The number of carbonyl (C=O) groups is 1. The third kappa shape index (κ3) is 3.21. The molecule has 0 radical (unpaired) electrons. The number of nitrogens with one attached hydrogen (secondary N) is 1. The lowest BCUT2D eigenvalue weighted by Crippen LogP contribution is -2.38. The molecule has 1 aliphatic heterocycles. The first-order chi connectivity index (χ1) is 10.6. The molecular weight excluding hydrogens is 306 g/mol. The van der Waals surface area contributed by atoms with Crippen LogP contribution in [0.3, 0.4) is 0 Å². The molecule has 22 heavy (non-hydrogen) atoms. The number of benzene rings is 1. The maximum atomic E-state index is 12.4. The molecule has 1 N–H and O–H groups in total.